The molecule has 0 radical (unpaired) electrons. The first-order chi connectivity index (χ1) is 9.60. The second kappa shape index (κ2) is 8.87. The SMILES string of the molecule is CCC[C@H](NC(=O)OC(C)(C)C)C(=O)C[C@@H](CCl)C(=O)O. The van der Waals surface area contributed by atoms with E-state index in [0.29, 0.717) is 12.8 Å². The molecule has 0 rings (SSSR count). The molecule has 0 spiro atoms. The summed E-state index contributed by atoms with van der Waals surface area (Å²) in [6.07, 6.45) is 0.198. The number of amides is 1. The summed E-state index contributed by atoms with van der Waals surface area (Å²) in [4.78, 5) is 34.7. The van der Waals surface area contributed by atoms with E-state index < -0.39 is 29.6 Å². The Hall–Kier alpha value is -1.30. The molecule has 21 heavy (non-hydrogen) atoms. The fourth-order valence-electron chi connectivity index (χ4n) is 1.65. The molecule has 0 aliphatic heterocycles. The number of alkyl carbamates (subject to hydrolysis) is 1. The van der Waals surface area contributed by atoms with Crippen LogP contribution >= 0.6 is 11.6 Å². The van der Waals surface area contributed by atoms with Crippen LogP contribution < -0.4 is 5.32 Å². The molecule has 2 N–H and O–H groups in total. The van der Waals surface area contributed by atoms with Crippen LogP contribution in [0.4, 0.5) is 4.79 Å². The standard InChI is InChI=1S/C14H24ClNO5/c1-5-6-10(16-13(20)21-14(2,3)4)11(17)7-9(8-15)12(18)19/h9-10H,5-8H2,1-4H3,(H,16,20)(H,18,19)/t9-,10-/m0/s1. The first-order valence-corrected chi connectivity index (χ1v) is 7.45. The van der Waals surface area contributed by atoms with E-state index in [-0.39, 0.29) is 18.1 Å². The largest absolute Gasteiger partial charge is 0.481 e. The molecule has 7 heteroatoms. The molecule has 0 saturated carbocycles. The number of Topliss-reactive ketones (excluding diaryl/α,β-unsaturated/α-hetero) is 1. The highest BCUT2D eigenvalue weighted by atomic mass is 35.5. The number of carboxylic acids is 1. The predicted octanol–water partition coefficient (Wildman–Crippen LogP) is 2.58. The minimum Gasteiger partial charge on any atom is -0.481 e. The summed E-state index contributed by atoms with van der Waals surface area (Å²) in [6.45, 7) is 7.03. The molecule has 0 aromatic rings. The molecule has 6 nitrogen and oxygen atoms in total. The van der Waals surface area contributed by atoms with E-state index in [9.17, 15) is 14.4 Å². The van der Waals surface area contributed by atoms with Crippen molar-refractivity contribution in [3.05, 3.63) is 0 Å². The van der Waals surface area contributed by atoms with Gasteiger partial charge >= 0.3 is 12.1 Å². The van der Waals surface area contributed by atoms with Crippen LogP contribution in [0.2, 0.25) is 0 Å². The topological polar surface area (TPSA) is 92.7 Å². The summed E-state index contributed by atoms with van der Waals surface area (Å²) in [5.41, 5.74) is -0.663. The zero-order chi connectivity index (χ0) is 16.6. The maximum absolute atomic E-state index is 12.1. The lowest BCUT2D eigenvalue weighted by atomic mass is 9.97. The van der Waals surface area contributed by atoms with Crippen LogP contribution in [-0.4, -0.2) is 40.5 Å². The van der Waals surface area contributed by atoms with Crippen molar-refractivity contribution in [3.8, 4) is 0 Å². The summed E-state index contributed by atoms with van der Waals surface area (Å²) in [7, 11) is 0. The van der Waals surface area contributed by atoms with E-state index in [1.807, 2.05) is 6.92 Å². The minimum absolute atomic E-state index is 0.146. The summed E-state index contributed by atoms with van der Waals surface area (Å²) in [5.74, 6) is -2.56. The highest BCUT2D eigenvalue weighted by Crippen LogP contribution is 2.12. The maximum atomic E-state index is 12.1. The Kier molecular flexibility index (Phi) is 8.32. The highest BCUT2D eigenvalue weighted by Gasteiger charge is 2.27. The fraction of sp³-hybridized carbons (Fsp3) is 0.786. The van der Waals surface area contributed by atoms with Crippen molar-refractivity contribution in [2.45, 2.75) is 58.6 Å². The van der Waals surface area contributed by atoms with Gasteiger partial charge in [0.1, 0.15) is 5.60 Å². The van der Waals surface area contributed by atoms with Gasteiger partial charge in [-0.15, -0.1) is 11.6 Å². The average Bonchev–Trinajstić information content (AvgIpc) is 2.32. The van der Waals surface area contributed by atoms with Gasteiger partial charge in [-0.1, -0.05) is 13.3 Å². The number of hydrogen-bond donors (Lipinski definition) is 2. The summed E-state index contributed by atoms with van der Waals surface area (Å²) in [5, 5.41) is 11.4. The van der Waals surface area contributed by atoms with Crippen molar-refractivity contribution < 1.29 is 24.2 Å². The number of ether oxygens (including phenoxy) is 1. The Morgan fingerprint density at radius 2 is 1.86 bits per heavy atom. The van der Waals surface area contributed by atoms with Crippen LogP contribution in [0.5, 0.6) is 0 Å². The number of nitrogens with one attached hydrogen (secondary N) is 1. The lowest BCUT2D eigenvalue weighted by Crippen LogP contribution is -2.44. The normalized spacial score (nSPS) is 14.1. The average molecular weight is 322 g/mol. The van der Waals surface area contributed by atoms with Crippen molar-refractivity contribution in [2.75, 3.05) is 5.88 Å². The number of rotatable bonds is 8. The van der Waals surface area contributed by atoms with Crippen molar-refractivity contribution in [3.63, 3.8) is 0 Å². The van der Waals surface area contributed by atoms with E-state index in [4.69, 9.17) is 21.4 Å². The predicted molar refractivity (Wildman–Crippen MR) is 79.5 cm³/mol. The number of hydrogen-bond acceptors (Lipinski definition) is 4. The molecule has 2 atom stereocenters. The molecule has 0 unspecified atom stereocenters. The van der Waals surface area contributed by atoms with Crippen LogP contribution in [-0.2, 0) is 14.3 Å². The van der Waals surface area contributed by atoms with E-state index in [1.165, 1.54) is 0 Å². The maximum Gasteiger partial charge on any atom is 0.408 e. The summed E-state index contributed by atoms with van der Waals surface area (Å²) >= 11 is 5.54. The number of ketones is 1. The van der Waals surface area contributed by atoms with Crippen molar-refractivity contribution in [1.82, 2.24) is 5.32 Å². The molecular weight excluding hydrogens is 298 g/mol. The van der Waals surface area contributed by atoms with Crippen LogP contribution in [0, 0.1) is 5.92 Å². The molecule has 0 aromatic heterocycles. The summed E-state index contributed by atoms with van der Waals surface area (Å²) in [6, 6.07) is -0.755. The molecule has 0 aliphatic rings. The molecule has 122 valence electrons. The molecule has 0 bridgehead atoms. The van der Waals surface area contributed by atoms with Gasteiger partial charge in [-0.25, -0.2) is 4.79 Å². The molecule has 0 aromatic carbocycles. The second-order valence-corrected chi connectivity index (χ2v) is 6.16. The summed E-state index contributed by atoms with van der Waals surface area (Å²) < 4.78 is 5.10. The lowest BCUT2D eigenvalue weighted by Gasteiger charge is -2.23. The van der Waals surface area contributed by atoms with Crippen molar-refractivity contribution in [1.29, 1.82) is 0 Å². The fourth-order valence-corrected chi connectivity index (χ4v) is 1.89. The third kappa shape index (κ3) is 8.55. The van der Waals surface area contributed by atoms with Gasteiger partial charge in [0.25, 0.3) is 0 Å². The van der Waals surface area contributed by atoms with Crippen LogP contribution in [0.15, 0.2) is 0 Å². The number of carboxylic acid groups (broad SMARTS) is 1. The van der Waals surface area contributed by atoms with E-state index in [0.717, 1.165) is 0 Å². The third-order valence-electron chi connectivity index (χ3n) is 2.64. The molecular formula is C14H24ClNO5. The van der Waals surface area contributed by atoms with Gasteiger partial charge in [0.05, 0.1) is 12.0 Å². The van der Waals surface area contributed by atoms with Crippen LogP contribution in [0.25, 0.3) is 0 Å². The Morgan fingerprint density at radius 3 is 2.24 bits per heavy atom. The smallest absolute Gasteiger partial charge is 0.408 e. The zero-order valence-electron chi connectivity index (χ0n) is 12.9. The number of halogens is 1. The molecule has 0 heterocycles. The molecule has 1 amide bonds. The first kappa shape index (κ1) is 19.7. The second-order valence-electron chi connectivity index (χ2n) is 5.85. The van der Waals surface area contributed by atoms with Crippen molar-refractivity contribution in [2.24, 2.45) is 5.92 Å². The van der Waals surface area contributed by atoms with Gasteiger partial charge in [0.2, 0.25) is 0 Å². The monoisotopic (exact) mass is 321 g/mol. The van der Waals surface area contributed by atoms with Gasteiger partial charge in [0.15, 0.2) is 5.78 Å². The van der Waals surface area contributed by atoms with Gasteiger partial charge in [0, 0.05) is 12.3 Å². The highest BCUT2D eigenvalue weighted by molar-refractivity contribution is 6.19. The Bertz CT molecular complexity index is 378. The number of carbonyl (C=O) groups is 3. The lowest BCUT2D eigenvalue weighted by molar-refractivity contribution is -0.143. The third-order valence-corrected chi connectivity index (χ3v) is 3.01. The van der Waals surface area contributed by atoms with E-state index >= 15 is 0 Å². The number of carbonyl (C=O) groups excluding carboxylic acids is 2. The Labute approximate surface area is 130 Å². The number of aliphatic carboxylic acids is 1. The number of alkyl halides is 1. The van der Waals surface area contributed by atoms with Gasteiger partial charge in [-0.05, 0) is 27.2 Å². The molecule has 0 aliphatic carbocycles. The van der Waals surface area contributed by atoms with E-state index in [1.54, 1.807) is 20.8 Å². The van der Waals surface area contributed by atoms with Gasteiger partial charge < -0.3 is 15.2 Å². The molecule has 0 saturated heterocycles. The van der Waals surface area contributed by atoms with Gasteiger partial charge in [-0.2, -0.15) is 0 Å². The first-order valence-electron chi connectivity index (χ1n) is 6.91. The molecule has 0 fully saturated rings. The van der Waals surface area contributed by atoms with Crippen molar-refractivity contribution >= 4 is 29.4 Å². The van der Waals surface area contributed by atoms with Gasteiger partial charge in [-0.3, -0.25) is 9.59 Å². The van der Waals surface area contributed by atoms with E-state index in [2.05, 4.69) is 5.32 Å². The zero-order valence-corrected chi connectivity index (χ0v) is 13.7. The Balaban J connectivity index is 4.70. The van der Waals surface area contributed by atoms with Crippen LogP contribution in [0.3, 0.4) is 0 Å². The van der Waals surface area contributed by atoms with Crippen LogP contribution in [0.1, 0.15) is 47.0 Å². The Morgan fingerprint density at radius 1 is 1.29 bits per heavy atom. The minimum atomic E-state index is -1.12. The quantitative estimate of drug-likeness (QED) is 0.670.